The Kier molecular flexibility index (Phi) is 16.1. The number of cyclic esters (lactones) is 1. The van der Waals surface area contributed by atoms with Crippen molar-refractivity contribution < 1.29 is 87.0 Å². The summed E-state index contributed by atoms with van der Waals surface area (Å²) in [5.41, 5.74) is 0. The van der Waals surface area contributed by atoms with E-state index in [1.807, 2.05) is 0 Å². The Labute approximate surface area is 253 Å². The quantitative estimate of drug-likeness (QED) is 0.0773. The van der Waals surface area contributed by atoms with E-state index in [0.717, 1.165) is 20.8 Å². The predicted molar refractivity (Wildman–Crippen MR) is 139 cm³/mol. The molecule has 1 heterocycles. The second-order valence-electron chi connectivity index (χ2n) is 9.79. The molecule has 12 atom stereocenters. The van der Waals surface area contributed by atoms with Crippen LogP contribution in [0, 0.1) is 0 Å². The molecule has 1 aliphatic heterocycles. The van der Waals surface area contributed by atoms with Crippen molar-refractivity contribution in [3.05, 3.63) is 0 Å². The highest BCUT2D eigenvalue weighted by Crippen LogP contribution is 2.29. The van der Waals surface area contributed by atoms with Gasteiger partial charge in [0, 0.05) is 0 Å². The van der Waals surface area contributed by atoms with Crippen LogP contribution < -0.4 is 0 Å². The molecule has 0 spiro atoms. The van der Waals surface area contributed by atoms with Crippen molar-refractivity contribution >= 4 is 29.8 Å². The minimum absolute atomic E-state index is 0.539. The largest absolute Gasteiger partial charge is 0.455 e. The highest BCUT2D eigenvalue weighted by Gasteiger charge is 2.51. The van der Waals surface area contributed by atoms with Crippen LogP contribution in [0.25, 0.3) is 0 Å². The number of hydrogen-bond acceptors (Lipinski definition) is 18. The molecule has 0 saturated carbocycles. The molecular weight excluding hydrogens is 600 g/mol. The smallest absolute Gasteiger partial charge is 0.338 e. The maximum Gasteiger partial charge on any atom is 0.338 e. The molecule has 12 unspecified atom stereocenters. The number of aliphatic hydroxyl groups is 4. The highest BCUT2D eigenvalue weighted by molar-refractivity contribution is 5.77. The Balaban J connectivity index is 3.41. The summed E-state index contributed by atoms with van der Waals surface area (Å²) in [6, 6.07) is 0. The molecule has 254 valence electrons. The van der Waals surface area contributed by atoms with Gasteiger partial charge in [-0.05, 0) is 55.4 Å². The van der Waals surface area contributed by atoms with Crippen LogP contribution in [0.5, 0.6) is 0 Å². The molecule has 1 fully saturated rings. The summed E-state index contributed by atoms with van der Waals surface area (Å²) in [7, 11) is 0. The normalized spacial score (nSPS) is 25.6. The summed E-state index contributed by atoms with van der Waals surface area (Å²) in [6.07, 6.45) is -18.0. The van der Waals surface area contributed by atoms with Gasteiger partial charge in [0.2, 0.25) is 18.9 Å². The van der Waals surface area contributed by atoms with E-state index in [1.54, 1.807) is 0 Å². The minimum atomic E-state index is -1.77. The third kappa shape index (κ3) is 12.9. The van der Waals surface area contributed by atoms with E-state index in [9.17, 15) is 44.4 Å². The average Bonchev–Trinajstić information content (AvgIpc) is 2.90. The minimum Gasteiger partial charge on any atom is -0.455 e. The molecule has 0 amide bonds. The molecule has 44 heavy (non-hydrogen) atoms. The fourth-order valence-electron chi connectivity index (χ4n) is 3.42. The standard InChI is InChI=1S/C26H42O18/c1-10(27)22(31)40-14(5)36-9-18-19(37-15(6)41-23(32)11(2)28)20(38-16(7)42-24(33)12(3)29)21(26(35)44-18)39-17(8)43-25(34)13(4)30/h10-21,27-30H,9H2,1-8H3. The van der Waals surface area contributed by atoms with Gasteiger partial charge in [0.1, 0.15) is 36.6 Å². The van der Waals surface area contributed by atoms with Gasteiger partial charge in [-0.25, -0.2) is 24.0 Å². The second kappa shape index (κ2) is 18.1. The predicted octanol–water partition coefficient (Wildman–Crippen LogP) is -1.84. The van der Waals surface area contributed by atoms with Gasteiger partial charge in [-0.3, -0.25) is 0 Å². The molecule has 0 aromatic heterocycles. The lowest BCUT2D eigenvalue weighted by Crippen LogP contribution is -2.62. The van der Waals surface area contributed by atoms with Gasteiger partial charge in [0.25, 0.3) is 0 Å². The monoisotopic (exact) mass is 642 g/mol. The van der Waals surface area contributed by atoms with Gasteiger partial charge < -0.3 is 63.1 Å². The first-order valence-corrected chi connectivity index (χ1v) is 13.7. The number of hydrogen-bond donors (Lipinski definition) is 4. The van der Waals surface area contributed by atoms with Crippen LogP contribution in [0.4, 0.5) is 0 Å². The first kappa shape index (κ1) is 39.1. The number of ether oxygens (including phenoxy) is 9. The van der Waals surface area contributed by atoms with Crippen LogP contribution in [-0.4, -0.2) is 131 Å². The van der Waals surface area contributed by atoms with E-state index >= 15 is 0 Å². The van der Waals surface area contributed by atoms with E-state index in [-0.39, 0.29) is 0 Å². The van der Waals surface area contributed by atoms with Gasteiger partial charge >= 0.3 is 29.8 Å². The number of aliphatic hydroxyl groups excluding tert-OH is 4. The summed E-state index contributed by atoms with van der Waals surface area (Å²) < 4.78 is 48.0. The zero-order valence-corrected chi connectivity index (χ0v) is 25.6. The third-order valence-corrected chi connectivity index (χ3v) is 5.51. The molecule has 4 N–H and O–H groups in total. The van der Waals surface area contributed by atoms with Gasteiger partial charge in [0.05, 0.1) is 6.61 Å². The molecule has 18 heteroatoms. The van der Waals surface area contributed by atoms with Crippen molar-refractivity contribution in [3.8, 4) is 0 Å². The molecule has 0 aromatic carbocycles. The van der Waals surface area contributed by atoms with E-state index in [2.05, 4.69) is 0 Å². The molecule has 0 bridgehead atoms. The average molecular weight is 643 g/mol. The SMILES string of the molecule is CC(OCC1OC(=O)C(OC(C)OC(=O)C(C)O)C(OC(C)OC(=O)C(C)O)C1OC(C)OC(=O)C(C)O)OC(=O)C(C)O. The molecule has 0 aliphatic carbocycles. The molecular formula is C26H42O18. The first-order valence-electron chi connectivity index (χ1n) is 13.7. The molecule has 1 saturated heterocycles. The van der Waals surface area contributed by atoms with E-state index < -0.39 is 110 Å². The zero-order chi connectivity index (χ0) is 33.9. The Morgan fingerprint density at radius 1 is 0.591 bits per heavy atom. The number of esters is 5. The molecule has 1 rings (SSSR count). The van der Waals surface area contributed by atoms with Gasteiger partial charge in [-0.1, -0.05) is 0 Å². The third-order valence-electron chi connectivity index (χ3n) is 5.51. The maximum absolute atomic E-state index is 13.2. The van der Waals surface area contributed by atoms with Crippen molar-refractivity contribution in [2.45, 2.75) is 129 Å². The van der Waals surface area contributed by atoms with Crippen LogP contribution in [0.3, 0.4) is 0 Å². The van der Waals surface area contributed by atoms with Crippen molar-refractivity contribution in [1.82, 2.24) is 0 Å². The Morgan fingerprint density at radius 3 is 1.32 bits per heavy atom. The van der Waals surface area contributed by atoms with Crippen molar-refractivity contribution in [3.63, 3.8) is 0 Å². The van der Waals surface area contributed by atoms with E-state index in [1.165, 1.54) is 34.6 Å². The second-order valence-corrected chi connectivity index (χ2v) is 9.79. The Morgan fingerprint density at radius 2 is 0.932 bits per heavy atom. The number of carbonyl (C=O) groups is 5. The zero-order valence-electron chi connectivity index (χ0n) is 25.6. The topological polar surface area (TPSA) is 249 Å². The van der Waals surface area contributed by atoms with Gasteiger partial charge in [-0.15, -0.1) is 0 Å². The van der Waals surface area contributed by atoms with Crippen LogP contribution >= 0.6 is 0 Å². The van der Waals surface area contributed by atoms with E-state index in [4.69, 9.17) is 42.6 Å². The van der Waals surface area contributed by atoms with Crippen molar-refractivity contribution in [2.75, 3.05) is 6.61 Å². The van der Waals surface area contributed by atoms with Crippen LogP contribution in [-0.2, 0) is 66.6 Å². The summed E-state index contributed by atoms with van der Waals surface area (Å²) in [5.74, 6) is -5.36. The summed E-state index contributed by atoms with van der Waals surface area (Å²) >= 11 is 0. The maximum atomic E-state index is 13.2. The highest BCUT2D eigenvalue weighted by atomic mass is 16.8. The van der Waals surface area contributed by atoms with Crippen molar-refractivity contribution in [2.24, 2.45) is 0 Å². The van der Waals surface area contributed by atoms with Crippen LogP contribution in [0.1, 0.15) is 55.4 Å². The Hall–Kier alpha value is -2.97. The molecule has 18 nitrogen and oxygen atoms in total. The Bertz CT molecular complexity index is 965. The van der Waals surface area contributed by atoms with Gasteiger partial charge in [0.15, 0.2) is 18.5 Å². The van der Waals surface area contributed by atoms with Crippen LogP contribution in [0.15, 0.2) is 0 Å². The summed E-state index contributed by atoms with van der Waals surface area (Å²) in [4.78, 5) is 60.7. The van der Waals surface area contributed by atoms with Crippen molar-refractivity contribution in [1.29, 1.82) is 0 Å². The van der Waals surface area contributed by atoms with E-state index in [0.29, 0.717) is 0 Å². The lowest BCUT2D eigenvalue weighted by Gasteiger charge is -2.42. The van der Waals surface area contributed by atoms with Crippen LogP contribution in [0.2, 0.25) is 0 Å². The lowest BCUT2D eigenvalue weighted by molar-refractivity contribution is -0.299. The summed E-state index contributed by atoms with van der Waals surface area (Å²) in [5, 5.41) is 37.9. The lowest BCUT2D eigenvalue weighted by atomic mass is 9.99. The number of rotatable bonds is 17. The molecule has 0 radical (unpaired) electrons. The fourth-order valence-corrected chi connectivity index (χ4v) is 3.42. The molecule has 0 aromatic rings. The number of carbonyl (C=O) groups excluding carboxylic acids is 5. The molecule has 1 aliphatic rings. The van der Waals surface area contributed by atoms with Gasteiger partial charge in [-0.2, -0.15) is 0 Å². The first-order chi connectivity index (χ1) is 20.3. The summed E-state index contributed by atoms with van der Waals surface area (Å²) in [6.45, 7) is 9.09. The fraction of sp³-hybridized carbons (Fsp3) is 0.808.